The van der Waals surface area contributed by atoms with Gasteiger partial charge in [0.15, 0.2) is 0 Å². The maximum Gasteiger partial charge on any atom is 0.337 e. The van der Waals surface area contributed by atoms with Crippen LogP contribution in [0.4, 0.5) is 11.4 Å². The van der Waals surface area contributed by atoms with E-state index in [9.17, 15) is 14.9 Å². The van der Waals surface area contributed by atoms with Crippen LogP contribution in [-0.4, -0.2) is 25.1 Å². The molecule has 1 N–H and O–H groups in total. The van der Waals surface area contributed by atoms with Crippen LogP contribution in [0.15, 0.2) is 36.4 Å². The molecule has 7 heteroatoms. The van der Waals surface area contributed by atoms with Gasteiger partial charge in [0.2, 0.25) is 0 Å². The van der Waals surface area contributed by atoms with Gasteiger partial charge in [-0.2, -0.15) is 0 Å². The van der Waals surface area contributed by atoms with Crippen molar-refractivity contribution < 1.29 is 19.2 Å². The SMILES string of the molecule is COC(=O)c1ccc(NCc2cc([N+](=O)[O-])ccc2OC)c(C)c1. The average Bonchev–Trinajstić information content (AvgIpc) is 2.59. The van der Waals surface area contributed by atoms with Crippen molar-refractivity contribution in [1.82, 2.24) is 0 Å². The third-order valence-corrected chi connectivity index (χ3v) is 3.59. The number of methoxy groups -OCH3 is 2. The number of nitro groups is 1. The second kappa shape index (κ2) is 7.45. The lowest BCUT2D eigenvalue weighted by molar-refractivity contribution is -0.384. The van der Waals surface area contributed by atoms with E-state index >= 15 is 0 Å². The van der Waals surface area contributed by atoms with Gasteiger partial charge < -0.3 is 14.8 Å². The molecule has 0 radical (unpaired) electrons. The zero-order chi connectivity index (χ0) is 17.7. The van der Waals surface area contributed by atoms with Crippen molar-refractivity contribution >= 4 is 17.3 Å². The van der Waals surface area contributed by atoms with E-state index in [0.29, 0.717) is 23.4 Å². The first-order valence-corrected chi connectivity index (χ1v) is 7.20. The summed E-state index contributed by atoms with van der Waals surface area (Å²) in [7, 11) is 2.85. The molecule has 0 aliphatic carbocycles. The van der Waals surface area contributed by atoms with Gasteiger partial charge in [0, 0.05) is 29.9 Å². The first-order chi connectivity index (χ1) is 11.5. The van der Waals surface area contributed by atoms with E-state index in [2.05, 4.69) is 10.1 Å². The topological polar surface area (TPSA) is 90.7 Å². The van der Waals surface area contributed by atoms with E-state index < -0.39 is 10.9 Å². The molecule has 2 rings (SSSR count). The molecular formula is C17H18N2O5. The van der Waals surface area contributed by atoms with Crippen LogP contribution in [0, 0.1) is 17.0 Å². The number of carbonyl (C=O) groups is 1. The highest BCUT2D eigenvalue weighted by atomic mass is 16.6. The van der Waals surface area contributed by atoms with Gasteiger partial charge >= 0.3 is 5.97 Å². The number of rotatable bonds is 6. The second-order valence-corrected chi connectivity index (χ2v) is 5.13. The molecule has 0 fully saturated rings. The zero-order valence-electron chi connectivity index (χ0n) is 13.7. The Kier molecular flexibility index (Phi) is 5.36. The van der Waals surface area contributed by atoms with Crippen LogP contribution < -0.4 is 10.1 Å². The molecule has 0 unspecified atom stereocenters. The number of ether oxygens (including phenoxy) is 2. The lowest BCUT2D eigenvalue weighted by Gasteiger charge is -2.13. The van der Waals surface area contributed by atoms with Crippen LogP contribution in [0.5, 0.6) is 5.75 Å². The number of nitro benzene ring substituents is 1. The molecule has 0 aliphatic rings. The van der Waals surface area contributed by atoms with Gasteiger partial charge in [-0.25, -0.2) is 4.79 Å². The Bertz CT molecular complexity index is 774. The maximum atomic E-state index is 11.5. The molecule has 0 aromatic heterocycles. The molecule has 2 aromatic rings. The van der Waals surface area contributed by atoms with Crippen molar-refractivity contribution in [3.05, 3.63) is 63.2 Å². The van der Waals surface area contributed by atoms with E-state index in [1.54, 1.807) is 24.3 Å². The fraction of sp³-hybridized carbons (Fsp3) is 0.235. The summed E-state index contributed by atoms with van der Waals surface area (Å²) in [5.41, 5.74) is 2.82. The van der Waals surface area contributed by atoms with Crippen molar-refractivity contribution in [1.29, 1.82) is 0 Å². The number of nitrogens with one attached hydrogen (secondary N) is 1. The van der Waals surface area contributed by atoms with E-state index in [1.165, 1.54) is 26.4 Å². The molecule has 0 aliphatic heterocycles. The van der Waals surface area contributed by atoms with Crippen molar-refractivity contribution in [3.8, 4) is 5.75 Å². The fourth-order valence-corrected chi connectivity index (χ4v) is 2.31. The van der Waals surface area contributed by atoms with Gasteiger partial charge in [-0.15, -0.1) is 0 Å². The smallest absolute Gasteiger partial charge is 0.337 e. The van der Waals surface area contributed by atoms with E-state index in [0.717, 1.165) is 11.3 Å². The zero-order valence-corrected chi connectivity index (χ0v) is 13.7. The predicted molar refractivity (Wildman–Crippen MR) is 89.5 cm³/mol. The minimum Gasteiger partial charge on any atom is -0.496 e. The number of esters is 1. The molecule has 0 spiro atoms. The largest absolute Gasteiger partial charge is 0.496 e. The Hall–Kier alpha value is -3.09. The third kappa shape index (κ3) is 3.81. The van der Waals surface area contributed by atoms with Crippen LogP contribution in [0.2, 0.25) is 0 Å². The summed E-state index contributed by atoms with van der Waals surface area (Å²) in [5.74, 6) is 0.168. The van der Waals surface area contributed by atoms with Crippen molar-refractivity contribution in [2.75, 3.05) is 19.5 Å². The molecule has 0 atom stereocenters. The Morgan fingerprint density at radius 2 is 1.96 bits per heavy atom. The van der Waals surface area contributed by atoms with E-state index in [1.807, 2.05) is 6.92 Å². The summed E-state index contributed by atoms with van der Waals surface area (Å²) in [6.45, 7) is 2.21. The molecule has 0 bridgehead atoms. The molecular weight excluding hydrogens is 312 g/mol. The standard InChI is InChI=1S/C17H18N2O5/c1-11-8-12(17(20)24-3)4-6-15(11)18-10-13-9-14(19(21)22)5-7-16(13)23-2/h4-9,18H,10H2,1-3H3. The lowest BCUT2D eigenvalue weighted by atomic mass is 10.1. The summed E-state index contributed by atoms with van der Waals surface area (Å²) in [5, 5.41) is 14.1. The molecule has 0 amide bonds. The maximum absolute atomic E-state index is 11.5. The highest BCUT2D eigenvalue weighted by Gasteiger charge is 2.12. The Balaban J connectivity index is 2.20. The monoisotopic (exact) mass is 330 g/mol. The second-order valence-electron chi connectivity index (χ2n) is 5.13. The number of anilines is 1. The summed E-state index contributed by atoms with van der Waals surface area (Å²) >= 11 is 0. The van der Waals surface area contributed by atoms with Crippen LogP contribution in [-0.2, 0) is 11.3 Å². The quantitative estimate of drug-likeness (QED) is 0.496. The molecule has 7 nitrogen and oxygen atoms in total. The van der Waals surface area contributed by atoms with Crippen LogP contribution in [0.25, 0.3) is 0 Å². The predicted octanol–water partition coefficient (Wildman–Crippen LogP) is 3.31. The average molecular weight is 330 g/mol. The van der Waals surface area contributed by atoms with Crippen LogP contribution >= 0.6 is 0 Å². The van der Waals surface area contributed by atoms with Crippen LogP contribution in [0.1, 0.15) is 21.5 Å². The molecule has 0 saturated heterocycles. The highest BCUT2D eigenvalue weighted by Crippen LogP contribution is 2.26. The minimum atomic E-state index is -0.445. The third-order valence-electron chi connectivity index (χ3n) is 3.59. The first-order valence-electron chi connectivity index (χ1n) is 7.20. The van der Waals surface area contributed by atoms with Gasteiger partial charge in [0.05, 0.1) is 24.7 Å². The number of benzene rings is 2. The molecule has 0 heterocycles. The van der Waals surface area contributed by atoms with Gasteiger partial charge in [-0.05, 0) is 36.8 Å². The van der Waals surface area contributed by atoms with Crippen LogP contribution in [0.3, 0.4) is 0 Å². The summed E-state index contributed by atoms with van der Waals surface area (Å²) in [4.78, 5) is 22.0. The fourth-order valence-electron chi connectivity index (χ4n) is 2.31. The minimum absolute atomic E-state index is 0.00496. The summed E-state index contributed by atoms with van der Waals surface area (Å²) < 4.78 is 9.93. The van der Waals surface area contributed by atoms with Crippen molar-refractivity contribution in [2.24, 2.45) is 0 Å². The number of hydrogen-bond acceptors (Lipinski definition) is 6. The van der Waals surface area contributed by atoms with Crippen molar-refractivity contribution in [2.45, 2.75) is 13.5 Å². The molecule has 2 aromatic carbocycles. The lowest BCUT2D eigenvalue weighted by Crippen LogP contribution is -2.06. The number of nitrogens with zero attached hydrogens (tertiary/aromatic N) is 1. The first kappa shape index (κ1) is 17.3. The van der Waals surface area contributed by atoms with E-state index in [4.69, 9.17) is 4.74 Å². The number of non-ortho nitro benzene ring substituents is 1. The van der Waals surface area contributed by atoms with Gasteiger partial charge in [0.25, 0.3) is 5.69 Å². The van der Waals surface area contributed by atoms with E-state index in [-0.39, 0.29) is 5.69 Å². The number of carbonyl (C=O) groups excluding carboxylic acids is 1. The van der Waals surface area contributed by atoms with Crippen molar-refractivity contribution in [3.63, 3.8) is 0 Å². The molecule has 126 valence electrons. The number of hydrogen-bond donors (Lipinski definition) is 1. The number of aryl methyl sites for hydroxylation is 1. The molecule has 0 saturated carbocycles. The molecule has 24 heavy (non-hydrogen) atoms. The summed E-state index contributed by atoms with van der Waals surface area (Å²) in [6.07, 6.45) is 0. The Morgan fingerprint density at radius 1 is 1.21 bits per heavy atom. The highest BCUT2D eigenvalue weighted by molar-refractivity contribution is 5.90. The van der Waals surface area contributed by atoms with Gasteiger partial charge in [-0.1, -0.05) is 0 Å². The Morgan fingerprint density at radius 3 is 2.54 bits per heavy atom. The van der Waals surface area contributed by atoms with Gasteiger partial charge in [-0.3, -0.25) is 10.1 Å². The Labute approximate surface area is 139 Å². The normalized spacial score (nSPS) is 10.1. The van der Waals surface area contributed by atoms with Gasteiger partial charge in [0.1, 0.15) is 5.75 Å². The summed E-state index contributed by atoms with van der Waals surface area (Å²) in [6, 6.07) is 9.60.